The van der Waals surface area contributed by atoms with Crippen LogP contribution in [0.1, 0.15) is 61.5 Å². The van der Waals surface area contributed by atoms with Crippen LogP contribution in [0.15, 0.2) is 40.8 Å². The normalized spacial score (nSPS) is 16.7. The van der Waals surface area contributed by atoms with E-state index in [9.17, 15) is 0 Å². The van der Waals surface area contributed by atoms with Gasteiger partial charge in [-0.25, -0.2) is 0 Å². The molecule has 21 heavy (non-hydrogen) atoms. The Morgan fingerprint density at radius 3 is 2.67 bits per heavy atom. The quantitative estimate of drug-likeness (QED) is 0.784. The molecule has 1 aromatic heterocycles. The molecule has 1 aliphatic rings. The Morgan fingerprint density at radius 2 is 2.05 bits per heavy atom. The summed E-state index contributed by atoms with van der Waals surface area (Å²) in [6.07, 6.45) is 5.04. The monoisotopic (exact) mass is 303 g/mol. The maximum absolute atomic E-state index is 5.97. The van der Waals surface area contributed by atoms with Crippen LogP contribution in [0.3, 0.4) is 0 Å². The van der Waals surface area contributed by atoms with Crippen LogP contribution in [-0.2, 0) is 0 Å². The highest BCUT2D eigenvalue weighted by molar-refractivity contribution is 6.28. The number of hydrogen-bond acceptors (Lipinski definition) is 2. The minimum atomic E-state index is 0.0919. The highest BCUT2D eigenvalue weighted by Gasteiger charge is 2.26. The van der Waals surface area contributed by atoms with E-state index >= 15 is 0 Å². The Balaban J connectivity index is 1.95. The first-order valence-electron chi connectivity index (χ1n) is 7.87. The molecule has 0 radical (unpaired) electrons. The van der Waals surface area contributed by atoms with Gasteiger partial charge in [-0.2, -0.15) is 0 Å². The van der Waals surface area contributed by atoms with Gasteiger partial charge < -0.3 is 9.73 Å². The average Bonchev–Trinajstić information content (AvgIpc) is 2.85. The Hall–Kier alpha value is -1.25. The summed E-state index contributed by atoms with van der Waals surface area (Å²) < 4.78 is 5.69. The second-order valence-electron chi connectivity index (χ2n) is 5.79. The van der Waals surface area contributed by atoms with Crippen molar-refractivity contribution in [2.24, 2.45) is 0 Å². The van der Waals surface area contributed by atoms with E-state index in [0.29, 0.717) is 11.1 Å². The van der Waals surface area contributed by atoms with E-state index in [1.165, 1.54) is 30.4 Å². The Kier molecular flexibility index (Phi) is 4.67. The average molecular weight is 304 g/mol. The van der Waals surface area contributed by atoms with Gasteiger partial charge in [0.1, 0.15) is 5.76 Å². The summed E-state index contributed by atoms with van der Waals surface area (Å²) in [5.41, 5.74) is 2.80. The third kappa shape index (κ3) is 3.17. The topological polar surface area (TPSA) is 25.2 Å². The van der Waals surface area contributed by atoms with Crippen molar-refractivity contribution in [2.75, 3.05) is 6.54 Å². The van der Waals surface area contributed by atoms with Crippen LogP contribution >= 0.6 is 11.6 Å². The summed E-state index contributed by atoms with van der Waals surface area (Å²) in [6.45, 7) is 3.14. The molecule has 112 valence electrons. The molecule has 1 aliphatic carbocycles. The molecule has 1 atom stereocenters. The van der Waals surface area contributed by atoms with Crippen molar-refractivity contribution in [1.82, 2.24) is 5.32 Å². The number of furan rings is 1. The number of benzene rings is 1. The van der Waals surface area contributed by atoms with E-state index in [4.69, 9.17) is 16.0 Å². The lowest BCUT2D eigenvalue weighted by molar-refractivity contribution is 0.405. The molecule has 1 N–H and O–H groups in total. The van der Waals surface area contributed by atoms with Crippen LogP contribution in [0.4, 0.5) is 0 Å². The first-order chi connectivity index (χ1) is 10.3. The molecular weight excluding hydrogens is 282 g/mol. The summed E-state index contributed by atoms with van der Waals surface area (Å²) in [5.74, 6) is 1.61. The van der Waals surface area contributed by atoms with Crippen molar-refractivity contribution in [3.63, 3.8) is 0 Å². The molecule has 1 unspecified atom stereocenters. The molecule has 0 amide bonds. The molecule has 0 saturated heterocycles. The highest BCUT2D eigenvalue weighted by atomic mass is 35.5. The maximum atomic E-state index is 5.97. The van der Waals surface area contributed by atoms with Gasteiger partial charge >= 0.3 is 0 Å². The molecule has 0 bridgehead atoms. The third-order valence-electron chi connectivity index (χ3n) is 4.33. The number of hydrogen-bond donors (Lipinski definition) is 1. The molecule has 1 fully saturated rings. The standard InChI is InChI=1S/C18H22ClNO/c1-2-12-20-18(16-10-11-17(19)21-16)15-9-4-3-8-14(15)13-6-5-7-13/h3-4,8-11,13,18,20H,2,5-7,12H2,1H3. The van der Waals surface area contributed by atoms with Gasteiger partial charge in [-0.1, -0.05) is 37.6 Å². The van der Waals surface area contributed by atoms with Crippen molar-refractivity contribution < 1.29 is 4.42 Å². The SMILES string of the molecule is CCCNC(c1ccc(Cl)o1)c1ccccc1C1CCC1. The smallest absolute Gasteiger partial charge is 0.193 e. The molecule has 2 aromatic rings. The van der Waals surface area contributed by atoms with Crippen LogP contribution in [0.25, 0.3) is 0 Å². The summed E-state index contributed by atoms with van der Waals surface area (Å²) in [6, 6.07) is 12.6. The lowest BCUT2D eigenvalue weighted by atomic mass is 9.77. The summed E-state index contributed by atoms with van der Waals surface area (Å²) in [4.78, 5) is 0. The molecule has 0 aliphatic heterocycles. The Morgan fingerprint density at radius 1 is 1.24 bits per heavy atom. The van der Waals surface area contributed by atoms with E-state index < -0.39 is 0 Å². The summed E-state index contributed by atoms with van der Waals surface area (Å²) in [7, 11) is 0. The molecule has 0 spiro atoms. The highest BCUT2D eigenvalue weighted by Crippen LogP contribution is 2.40. The van der Waals surface area contributed by atoms with Crippen molar-refractivity contribution >= 4 is 11.6 Å². The lowest BCUT2D eigenvalue weighted by Crippen LogP contribution is -2.25. The minimum Gasteiger partial charge on any atom is -0.448 e. The van der Waals surface area contributed by atoms with Crippen LogP contribution in [0.2, 0.25) is 5.22 Å². The van der Waals surface area contributed by atoms with Crippen LogP contribution in [0.5, 0.6) is 0 Å². The Bertz CT molecular complexity index is 588. The van der Waals surface area contributed by atoms with Gasteiger partial charge in [0.05, 0.1) is 6.04 Å². The van der Waals surface area contributed by atoms with Gasteiger partial charge in [0.2, 0.25) is 0 Å². The number of rotatable bonds is 6. The van der Waals surface area contributed by atoms with Gasteiger partial charge in [-0.3, -0.25) is 0 Å². The molecule has 1 heterocycles. The van der Waals surface area contributed by atoms with Crippen molar-refractivity contribution in [2.45, 2.75) is 44.6 Å². The zero-order chi connectivity index (χ0) is 14.7. The van der Waals surface area contributed by atoms with E-state index in [2.05, 4.69) is 36.5 Å². The molecular formula is C18H22ClNO. The zero-order valence-electron chi connectivity index (χ0n) is 12.4. The molecule has 1 saturated carbocycles. The van der Waals surface area contributed by atoms with E-state index in [0.717, 1.165) is 18.7 Å². The first kappa shape index (κ1) is 14.7. The van der Waals surface area contributed by atoms with Gasteiger partial charge in [-0.05, 0) is 66.6 Å². The number of nitrogens with one attached hydrogen (secondary N) is 1. The second-order valence-corrected chi connectivity index (χ2v) is 6.16. The fourth-order valence-electron chi connectivity index (χ4n) is 3.00. The predicted molar refractivity (Wildman–Crippen MR) is 86.9 cm³/mol. The Labute approximate surface area is 131 Å². The van der Waals surface area contributed by atoms with Gasteiger partial charge in [0.25, 0.3) is 0 Å². The lowest BCUT2D eigenvalue weighted by Gasteiger charge is -2.30. The van der Waals surface area contributed by atoms with Gasteiger partial charge in [0, 0.05) is 0 Å². The molecule has 2 nitrogen and oxygen atoms in total. The minimum absolute atomic E-state index is 0.0919. The van der Waals surface area contributed by atoms with E-state index in [1.807, 2.05) is 12.1 Å². The zero-order valence-corrected chi connectivity index (χ0v) is 13.2. The van der Waals surface area contributed by atoms with E-state index in [-0.39, 0.29) is 6.04 Å². The second kappa shape index (κ2) is 6.67. The number of halogens is 1. The van der Waals surface area contributed by atoms with Crippen LogP contribution in [-0.4, -0.2) is 6.54 Å². The van der Waals surface area contributed by atoms with Crippen LogP contribution in [0, 0.1) is 0 Å². The molecule has 3 heteroatoms. The fraction of sp³-hybridized carbons (Fsp3) is 0.444. The predicted octanol–water partition coefficient (Wildman–Crippen LogP) is 5.29. The third-order valence-corrected chi connectivity index (χ3v) is 4.53. The van der Waals surface area contributed by atoms with Crippen molar-refractivity contribution in [3.8, 4) is 0 Å². The molecule has 1 aromatic carbocycles. The van der Waals surface area contributed by atoms with Gasteiger partial charge in [0.15, 0.2) is 5.22 Å². The molecule has 3 rings (SSSR count). The fourth-order valence-corrected chi connectivity index (χ4v) is 3.15. The first-order valence-corrected chi connectivity index (χ1v) is 8.25. The summed E-state index contributed by atoms with van der Waals surface area (Å²) >= 11 is 5.97. The van der Waals surface area contributed by atoms with Gasteiger partial charge in [-0.15, -0.1) is 0 Å². The van der Waals surface area contributed by atoms with Crippen molar-refractivity contribution in [1.29, 1.82) is 0 Å². The maximum Gasteiger partial charge on any atom is 0.193 e. The summed E-state index contributed by atoms with van der Waals surface area (Å²) in [5, 5.41) is 4.06. The van der Waals surface area contributed by atoms with Crippen LogP contribution < -0.4 is 5.32 Å². The van der Waals surface area contributed by atoms with Crippen molar-refractivity contribution in [3.05, 3.63) is 58.5 Å². The van der Waals surface area contributed by atoms with E-state index in [1.54, 1.807) is 0 Å². The largest absolute Gasteiger partial charge is 0.448 e.